The van der Waals surface area contributed by atoms with Crippen molar-refractivity contribution in [2.24, 2.45) is 0 Å². The van der Waals surface area contributed by atoms with Gasteiger partial charge in [-0.25, -0.2) is 0 Å². The van der Waals surface area contributed by atoms with E-state index in [-0.39, 0.29) is 5.97 Å². The third-order valence-corrected chi connectivity index (χ3v) is 2.96. The minimum atomic E-state index is -0.310. The van der Waals surface area contributed by atoms with E-state index in [1.165, 1.54) is 6.92 Å². The summed E-state index contributed by atoms with van der Waals surface area (Å²) in [5.41, 5.74) is 3.07. The molecule has 3 rings (SSSR count). The highest BCUT2D eigenvalue weighted by Crippen LogP contribution is 2.30. The number of aromatic nitrogens is 1. The fraction of sp³-hybridized carbons (Fsp3) is 0.0625. The third-order valence-electron chi connectivity index (χ3n) is 2.96. The lowest BCUT2D eigenvalue weighted by molar-refractivity contribution is -0.131. The van der Waals surface area contributed by atoms with Gasteiger partial charge in [0.1, 0.15) is 5.75 Å². The van der Waals surface area contributed by atoms with Crippen LogP contribution in [-0.4, -0.2) is 11.0 Å². The monoisotopic (exact) mass is 251 g/mol. The summed E-state index contributed by atoms with van der Waals surface area (Å²) in [6, 6.07) is 17.7. The Balaban J connectivity index is 2.13. The molecule has 3 nitrogen and oxygen atoms in total. The SMILES string of the molecule is CC(=O)Oc1cccc2[nH]c(-c3ccccc3)cc12. The van der Waals surface area contributed by atoms with Gasteiger partial charge < -0.3 is 9.72 Å². The first kappa shape index (κ1) is 11.5. The second-order valence-electron chi connectivity index (χ2n) is 4.36. The summed E-state index contributed by atoms with van der Waals surface area (Å²) in [4.78, 5) is 14.4. The van der Waals surface area contributed by atoms with Crippen molar-refractivity contribution >= 4 is 16.9 Å². The van der Waals surface area contributed by atoms with Gasteiger partial charge in [0.25, 0.3) is 0 Å². The second kappa shape index (κ2) is 4.61. The molecular formula is C16H13NO2. The van der Waals surface area contributed by atoms with E-state index >= 15 is 0 Å². The molecule has 0 atom stereocenters. The maximum atomic E-state index is 11.1. The summed E-state index contributed by atoms with van der Waals surface area (Å²) < 4.78 is 5.22. The number of fused-ring (bicyclic) bond motifs is 1. The van der Waals surface area contributed by atoms with Crippen LogP contribution in [0.1, 0.15) is 6.92 Å². The Morgan fingerprint density at radius 2 is 1.84 bits per heavy atom. The number of benzene rings is 2. The third kappa shape index (κ3) is 2.22. The number of hydrogen-bond donors (Lipinski definition) is 1. The summed E-state index contributed by atoms with van der Waals surface area (Å²) in [7, 11) is 0. The number of carbonyl (C=O) groups is 1. The van der Waals surface area contributed by atoms with Crippen molar-refractivity contribution in [3.05, 3.63) is 54.6 Å². The number of nitrogens with one attached hydrogen (secondary N) is 1. The maximum absolute atomic E-state index is 11.1. The zero-order valence-electron chi connectivity index (χ0n) is 10.5. The molecule has 0 aliphatic rings. The molecular weight excluding hydrogens is 238 g/mol. The summed E-state index contributed by atoms with van der Waals surface area (Å²) in [6.45, 7) is 1.41. The van der Waals surface area contributed by atoms with E-state index in [9.17, 15) is 4.79 Å². The van der Waals surface area contributed by atoms with Crippen LogP contribution in [0.25, 0.3) is 22.2 Å². The van der Waals surface area contributed by atoms with Gasteiger partial charge in [0.05, 0.1) is 0 Å². The van der Waals surface area contributed by atoms with Crippen molar-refractivity contribution in [3.8, 4) is 17.0 Å². The molecule has 0 amide bonds. The Labute approximate surface area is 110 Å². The fourth-order valence-corrected chi connectivity index (χ4v) is 2.14. The minimum absolute atomic E-state index is 0.310. The summed E-state index contributed by atoms with van der Waals surface area (Å²) >= 11 is 0. The number of esters is 1. The van der Waals surface area contributed by atoms with Crippen molar-refractivity contribution in [2.45, 2.75) is 6.92 Å². The molecule has 0 unspecified atom stereocenters. The molecule has 94 valence electrons. The van der Waals surface area contributed by atoms with E-state index in [0.717, 1.165) is 22.2 Å². The van der Waals surface area contributed by atoms with Crippen molar-refractivity contribution in [2.75, 3.05) is 0 Å². The van der Waals surface area contributed by atoms with Crippen LogP contribution in [0, 0.1) is 0 Å². The molecule has 0 saturated carbocycles. The van der Waals surface area contributed by atoms with Gasteiger partial charge in [0.2, 0.25) is 0 Å². The van der Waals surface area contributed by atoms with Crippen LogP contribution in [0.15, 0.2) is 54.6 Å². The molecule has 0 fully saturated rings. The molecule has 1 aromatic heterocycles. The van der Waals surface area contributed by atoms with Crippen molar-refractivity contribution in [1.29, 1.82) is 0 Å². The van der Waals surface area contributed by atoms with Gasteiger partial charge in [-0.3, -0.25) is 4.79 Å². The second-order valence-corrected chi connectivity index (χ2v) is 4.36. The smallest absolute Gasteiger partial charge is 0.308 e. The normalized spacial score (nSPS) is 10.6. The van der Waals surface area contributed by atoms with Crippen LogP contribution in [0.3, 0.4) is 0 Å². The first-order valence-electron chi connectivity index (χ1n) is 6.09. The standard InChI is InChI=1S/C16H13NO2/c1-11(18)19-16-9-5-8-14-13(16)10-15(17-14)12-6-3-2-4-7-12/h2-10,17H,1H3. The lowest BCUT2D eigenvalue weighted by atomic mass is 10.1. The van der Waals surface area contributed by atoms with Gasteiger partial charge in [-0.15, -0.1) is 0 Å². The van der Waals surface area contributed by atoms with Crippen LogP contribution in [0.5, 0.6) is 5.75 Å². The van der Waals surface area contributed by atoms with Crippen molar-refractivity contribution < 1.29 is 9.53 Å². The number of rotatable bonds is 2. The molecule has 2 aromatic carbocycles. The first-order chi connectivity index (χ1) is 9.24. The van der Waals surface area contributed by atoms with Crippen molar-refractivity contribution in [3.63, 3.8) is 0 Å². The van der Waals surface area contributed by atoms with E-state index in [4.69, 9.17) is 4.74 Å². The zero-order valence-corrected chi connectivity index (χ0v) is 10.5. The van der Waals surface area contributed by atoms with Gasteiger partial charge >= 0.3 is 5.97 Å². The van der Waals surface area contributed by atoms with Crippen LogP contribution >= 0.6 is 0 Å². The van der Waals surface area contributed by atoms with Gasteiger partial charge in [-0.05, 0) is 23.8 Å². The lowest BCUT2D eigenvalue weighted by Crippen LogP contribution is -2.01. The number of H-pyrrole nitrogens is 1. The molecule has 0 saturated heterocycles. The molecule has 0 spiro atoms. The highest BCUT2D eigenvalue weighted by Gasteiger charge is 2.08. The Morgan fingerprint density at radius 1 is 1.05 bits per heavy atom. The lowest BCUT2D eigenvalue weighted by Gasteiger charge is -2.01. The Morgan fingerprint density at radius 3 is 2.58 bits per heavy atom. The molecule has 1 heterocycles. The highest BCUT2D eigenvalue weighted by atomic mass is 16.5. The van der Waals surface area contributed by atoms with Gasteiger partial charge in [0.15, 0.2) is 0 Å². The molecule has 3 heteroatoms. The summed E-state index contributed by atoms with van der Waals surface area (Å²) in [5, 5.41) is 0.913. The number of ether oxygens (including phenoxy) is 1. The number of aromatic amines is 1. The summed E-state index contributed by atoms with van der Waals surface area (Å²) in [5.74, 6) is 0.276. The topological polar surface area (TPSA) is 42.1 Å². The summed E-state index contributed by atoms with van der Waals surface area (Å²) in [6.07, 6.45) is 0. The fourth-order valence-electron chi connectivity index (χ4n) is 2.14. The molecule has 0 aliphatic heterocycles. The molecule has 1 N–H and O–H groups in total. The van der Waals surface area contributed by atoms with Crippen LogP contribution in [-0.2, 0) is 4.79 Å². The highest BCUT2D eigenvalue weighted by molar-refractivity contribution is 5.92. The van der Waals surface area contributed by atoms with Crippen molar-refractivity contribution in [1.82, 2.24) is 4.98 Å². The van der Waals surface area contributed by atoms with Gasteiger partial charge in [0, 0.05) is 23.5 Å². The molecule has 3 aromatic rings. The van der Waals surface area contributed by atoms with E-state index < -0.39 is 0 Å². The molecule has 0 aliphatic carbocycles. The zero-order chi connectivity index (χ0) is 13.2. The molecule has 19 heavy (non-hydrogen) atoms. The minimum Gasteiger partial charge on any atom is -0.426 e. The average molecular weight is 251 g/mol. The number of carbonyl (C=O) groups excluding carboxylic acids is 1. The first-order valence-corrected chi connectivity index (χ1v) is 6.09. The predicted molar refractivity (Wildman–Crippen MR) is 75.0 cm³/mol. The Hall–Kier alpha value is -2.55. The average Bonchev–Trinajstić information content (AvgIpc) is 2.84. The van der Waals surface area contributed by atoms with Crippen LogP contribution in [0.2, 0.25) is 0 Å². The largest absolute Gasteiger partial charge is 0.426 e. The van der Waals surface area contributed by atoms with E-state index in [2.05, 4.69) is 4.98 Å². The Bertz CT molecular complexity index is 729. The number of hydrogen-bond acceptors (Lipinski definition) is 2. The quantitative estimate of drug-likeness (QED) is 0.556. The van der Waals surface area contributed by atoms with Crippen LogP contribution < -0.4 is 4.74 Å². The predicted octanol–water partition coefficient (Wildman–Crippen LogP) is 3.76. The maximum Gasteiger partial charge on any atom is 0.308 e. The van der Waals surface area contributed by atoms with E-state index in [1.807, 2.05) is 48.5 Å². The van der Waals surface area contributed by atoms with Gasteiger partial charge in [-0.1, -0.05) is 36.4 Å². The van der Waals surface area contributed by atoms with Crippen LogP contribution in [0.4, 0.5) is 0 Å². The van der Waals surface area contributed by atoms with E-state index in [1.54, 1.807) is 6.07 Å². The molecule has 0 bridgehead atoms. The molecule has 0 radical (unpaired) electrons. The Kier molecular flexibility index (Phi) is 2.80. The van der Waals surface area contributed by atoms with E-state index in [0.29, 0.717) is 5.75 Å². The van der Waals surface area contributed by atoms with Gasteiger partial charge in [-0.2, -0.15) is 0 Å².